The number of amides is 2. The van der Waals surface area contributed by atoms with Gasteiger partial charge in [-0.2, -0.15) is 13.2 Å². The quantitative estimate of drug-likeness (QED) is 0.648. The predicted octanol–water partition coefficient (Wildman–Crippen LogP) is 3.88. The average Bonchev–Trinajstić information content (AvgIpc) is 2.83. The van der Waals surface area contributed by atoms with Crippen LogP contribution in [0.4, 0.5) is 17.6 Å². The van der Waals surface area contributed by atoms with Gasteiger partial charge in [0.2, 0.25) is 5.91 Å². The van der Waals surface area contributed by atoms with Gasteiger partial charge in [-0.3, -0.25) is 9.59 Å². The summed E-state index contributed by atoms with van der Waals surface area (Å²) in [5, 5.41) is 0. The fourth-order valence-corrected chi connectivity index (χ4v) is 4.63. The topological polar surface area (TPSA) is 49.9 Å². The van der Waals surface area contributed by atoms with E-state index in [1.165, 1.54) is 35.2 Å². The van der Waals surface area contributed by atoms with Crippen molar-refractivity contribution in [2.24, 2.45) is 0 Å². The van der Waals surface area contributed by atoms with Crippen molar-refractivity contribution in [1.82, 2.24) is 9.80 Å². The Morgan fingerprint density at radius 2 is 1.52 bits per heavy atom. The van der Waals surface area contributed by atoms with Crippen LogP contribution in [-0.4, -0.2) is 61.0 Å². The zero-order valence-corrected chi connectivity index (χ0v) is 17.9. The molecule has 2 aliphatic rings. The Kier molecular flexibility index (Phi) is 6.43. The lowest BCUT2D eigenvalue weighted by molar-refractivity contribution is -0.142. The number of nitrogens with zero attached hydrogens (tertiary/aromatic N) is 2. The summed E-state index contributed by atoms with van der Waals surface area (Å²) in [5.41, 5.74) is -1.70. The lowest BCUT2D eigenvalue weighted by atomic mass is 9.73. The van der Waals surface area contributed by atoms with Crippen LogP contribution in [0.1, 0.15) is 34.3 Å². The molecule has 0 aromatic heterocycles. The molecule has 2 aromatic carbocycles. The van der Waals surface area contributed by atoms with E-state index in [-0.39, 0.29) is 32.1 Å². The molecule has 2 heterocycles. The number of carbonyl (C=O) groups excluding carboxylic acids is 2. The molecule has 176 valence electrons. The molecule has 2 aromatic rings. The second-order valence-electron chi connectivity index (χ2n) is 8.33. The highest BCUT2D eigenvalue weighted by Gasteiger charge is 2.45. The molecule has 0 N–H and O–H groups in total. The molecule has 0 atom stereocenters. The van der Waals surface area contributed by atoms with Gasteiger partial charge in [0.1, 0.15) is 5.82 Å². The van der Waals surface area contributed by atoms with Crippen molar-refractivity contribution in [1.29, 1.82) is 0 Å². The van der Waals surface area contributed by atoms with Crippen LogP contribution in [0, 0.1) is 5.82 Å². The Labute approximate surface area is 188 Å². The molecule has 0 spiro atoms. The number of alkyl halides is 3. The maximum absolute atomic E-state index is 13.9. The zero-order valence-electron chi connectivity index (χ0n) is 17.9. The smallest absolute Gasteiger partial charge is 0.381 e. The number of rotatable bonds is 3. The first-order valence-corrected chi connectivity index (χ1v) is 10.8. The van der Waals surface area contributed by atoms with E-state index >= 15 is 0 Å². The van der Waals surface area contributed by atoms with Gasteiger partial charge < -0.3 is 14.5 Å². The van der Waals surface area contributed by atoms with E-state index in [0.717, 1.165) is 6.07 Å². The Bertz CT molecular complexity index is 1030. The molecular weight excluding hydrogens is 440 g/mol. The highest BCUT2D eigenvalue weighted by atomic mass is 19.4. The summed E-state index contributed by atoms with van der Waals surface area (Å²) in [7, 11) is 0. The van der Waals surface area contributed by atoms with Crippen molar-refractivity contribution in [3.05, 3.63) is 71.0 Å². The van der Waals surface area contributed by atoms with Gasteiger partial charge in [-0.05, 0) is 42.7 Å². The van der Waals surface area contributed by atoms with Crippen molar-refractivity contribution < 1.29 is 31.9 Å². The zero-order chi connectivity index (χ0) is 23.6. The van der Waals surface area contributed by atoms with Gasteiger partial charge in [-0.1, -0.05) is 24.3 Å². The second-order valence-corrected chi connectivity index (χ2v) is 8.33. The monoisotopic (exact) mass is 464 g/mol. The van der Waals surface area contributed by atoms with Crippen molar-refractivity contribution in [2.75, 3.05) is 39.4 Å². The molecule has 33 heavy (non-hydrogen) atoms. The molecule has 2 aliphatic heterocycles. The first kappa shape index (κ1) is 23.2. The molecule has 5 nitrogen and oxygen atoms in total. The van der Waals surface area contributed by atoms with E-state index in [2.05, 4.69) is 0 Å². The Balaban J connectivity index is 1.50. The van der Waals surface area contributed by atoms with Crippen LogP contribution in [0.25, 0.3) is 0 Å². The van der Waals surface area contributed by atoms with Gasteiger partial charge in [0.25, 0.3) is 5.91 Å². The Morgan fingerprint density at radius 1 is 0.879 bits per heavy atom. The standard InChI is InChI=1S/C24H24F4N2O3/c25-18-5-3-4-17(16-18)23(8-14-33-15-9-23)22(32)30-12-10-29(11-13-30)21(31)19-6-1-2-7-20(19)24(26,27)28/h1-7,16H,8-15H2. The van der Waals surface area contributed by atoms with Gasteiger partial charge >= 0.3 is 6.18 Å². The van der Waals surface area contributed by atoms with Crippen molar-refractivity contribution in [3.63, 3.8) is 0 Å². The average molecular weight is 464 g/mol. The van der Waals surface area contributed by atoms with Gasteiger partial charge in [0.05, 0.1) is 16.5 Å². The number of ether oxygens (including phenoxy) is 1. The Morgan fingerprint density at radius 3 is 2.15 bits per heavy atom. The highest BCUT2D eigenvalue weighted by Crippen LogP contribution is 2.38. The molecule has 0 radical (unpaired) electrons. The number of carbonyl (C=O) groups is 2. The van der Waals surface area contributed by atoms with Gasteiger partial charge in [-0.25, -0.2) is 4.39 Å². The maximum atomic E-state index is 13.9. The fourth-order valence-electron chi connectivity index (χ4n) is 4.63. The van der Waals surface area contributed by atoms with Crippen molar-refractivity contribution in [2.45, 2.75) is 24.4 Å². The number of hydrogen-bond acceptors (Lipinski definition) is 3. The molecule has 0 saturated carbocycles. The third kappa shape index (κ3) is 4.59. The fraction of sp³-hybridized carbons (Fsp3) is 0.417. The number of hydrogen-bond donors (Lipinski definition) is 0. The first-order valence-electron chi connectivity index (χ1n) is 10.8. The van der Waals surface area contributed by atoms with Crippen LogP contribution < -0.4 is 0 Å². The summed E-state index contributed by atoms with van der Waals surface area (Å²) >= 11 is 0. The van der Waals surface area contributed by atoms with Crippen LogP contribution >= 0.6 is 0 Å². The molecular formula is C24H24F4N2O3. The van der Waals surface area contributed by atoms with Gasteiger partial charge in [0.15, 0.2) is 0 Å². The summed E-state index contributed by atoms with van der Waals surface area (Å²) in [5.74, 6) is -1.30. The Hall–Kier alpha value is -2.94. The molecule has 2 fully saturated rings. The molecule has 4 rings (SSSR count). The summed E-state index contributed by atoms with van der Waals surface area (Å²) in [6.07, 6.45) is -3.81. The molecule has 2 saturated heterocycles. The predicted molar refractivity (Wildman–Crippen MR) is 112 cm³/mol. The summed E-state index contributed by atoms with van der Waals surface area (Å²) in [6, 6.07) is 10.7. The van der Waals surface area contributed by atoms with Crippen LogP contribution in [0.3, 0.4) is 0 Å². The van der Waals surface area contributed by atoms with Crippen molar-refractivity contribution in [3.8, 4) is 0 Å². The summed E-state index contributed by atoms with van der Waals surface area (Å²) in [4.78, 5) is 29.4. The minimum atomic E-state index is -4.63. The number of benzene rings is 2. The van der Waals surface area contributed by atoms with Crippen LogP contribution in [0.2, 0.25) is 0 Å². The van der Waals surface area contributed by atoms with E-state index in [0.29, 0.717) is 31.6 Å². The summed E-state index contributed by atoms with van der Waals surface area (Å²) in [6.45, 7) is 1.36. The SMILES string of the molecule is O=C(c1ccccc1C(F)(F)F)N1CCN(C(=O)C2(c3cccc(F)c3)CCOCC2)CC1. The van der Waals surface area contributed by atoms with E-state index in [1.54, 1.807) is 17.0 Å². The number of piperazine rings is 1. The normalized spacial score (nSPS) is 18.8. The summed E-state index contributed by atoms with van der Waals surface area (Å²) < 4.78 is 59.3. The van der Waals surface area contributed by atoms with E-state index in [1.807, 2.05) is 0 Å². The van der Waals surface area contributed by atoms with Crippen LogP contribution in [-0.2, 0) is 21.1 Å². The van der Waals surface area contributed by atoms with Gasteiger partial charge in [0, 0.05) is 39.4 Å². The molecule has 0 aliphatic carbocycles. The second kappa shape index (κ2) is 9.13. The minimum Gasteiger partial charge on any atom is -0.381 e. The molecule has 9 heteroatoms. The van der Waals surface area contributed by atoms with Crippen LogP contribution in [0.5, 0.6) is 0 Å². The molecule has 0 bridgehead atoms. The lowest BCUT2D eigenvalue weighted by Crippen LogP contribution is -2.56. The minimum absolute atomic E-state index is 0.118. The highest BCUT2D eigenvalue weighted by molar-refractivity contribution is 5.96. The first-order chi connectivity index (χ1) is 15.7. The lowest BCUT2D eigenvalue weighted by Gasteiger charge is -2.43. The van der Waals surface area contributed by atoms with E-state index in [4.69, 9.17) is 4.74 Å². The third-order valence-electron chi connectivity index (χ3n) is 6.45. The largest absolute Gasteiger partial charge is 0.417 e. The molecule has 2 amide bonds. The van der Waals surface area contributed by atoms with E-state index < -0.39 is 34.4 Å². The van der Waals surface area contributed by atoms with E-state index in [9.17, 15) is 27.2 Å². The van der Waals surface area contributed by atoms with Crippen LogP contribution in [0.15, 0.2) is 48.5 Å². The number of halogens is 4. The molecule has 0 unspecified atom stereocenters. The van der Waals surface area contributed by atoms with Crippen molar-refractivity contribution >= 4 is 11.8 Å². The maximum Gasteiger partial charge on any atom is 0.417 e. The van der Waals surface area contributed by atoms with Gasteiger partial charge in [-0.15, -0.1) is 0 Å². The third-order valence-corrected chi connectivity index (χ3v) is 6.45.